The fourth-order valence-electron chi connectivity index (χ4n) is 3.04. The van der Waals surface area contributed by atoms with Crippen LogP contribution in [0.25, 0.3) is 6.08 Å². The number of piperidine rings is 1. The molecule has 0 saturated carbocycles. The number of amides is 1. The van der Waals surface area contributed by atoms with E-state index in [1.807, 2.05) is 12.2 Å². The van der Waals surface area contributed by atoms with Crippen molar-refractivity contribution in [2.75, 3.05) is 13.1 Å². The van der Waals surface area contributed by atoms with Gasteiger partial charge in [-0.15, -0.1) is 0 Å². The monoisotopic (exact) mass is 329 g/mol. The molecule has 24 heavy (non-hydrogen) atoms. The Morgan fingerprint density at radius 2 is 1.96 bits per heavy atom. The van der Waals surface area contributed by atoms with Gasteiger partial charge in [-0.2, -0.15) is 0 Å². The number of likely N-dealkylation sites (tertiary alicyclic amines) is 1. The average molecular weight is 329 g/mol. The first-order valence-corrected chi connectivity index (χ1v) is 8.59. The molecular weight excluding hydrogens is 302 g/mol. The lowest BCUT2D eigenvalue weighted by Crippen LogP contribution is -2.48. The van der Waals surface area contributed by atoms with Crippen LogP contribution in [-0.4, -0.2) is 35.0 Å². The minimum Gasteiger partial charge on any atom is -0.481 e. The Morgan fingerprint density at radius 1 is 1.29 bits per heavy atom. The number of carbonyl (C=O) groups excluding carboxylic acids is 1. The van der Waals surface area contributed by atoms with E-state index in [1.54, 1.807) is 11.8 Å². The first-order valence-electron chi connectivity index (χ1n) is 8.59. The molecule has 1 heterocycles. The number of carbonyl (C=O) groups is 2. The Morgan fingerprint density at radius 3 is 2.54 bits per heavy atom. The summed E-state index contributed by atoms with van der Waals surface area (Å²) in [5.74, 6) is -0.315. The summed E-state index contributed by atoms with van der Waals surface area (Å²) in [6.45, 7) is 7.00. The Kier molecular flexibility index (Phi) is 5.81. The maximum atomic E-state index is 12.3. The van der Waals surface area contributed by atoms with Gasteiger partial charge in [0, 0.05) is 19.5 Å². The summed E-state index contributed by atoms with van der Waals surface area (Å²) in [4.78, 5) is 25.4. The van der Waals surface area contributed by atoms with Gasteiger partial charge in [-0.3, -0.25) is 9.59 Å². The molecule has 4 heteroatoms. The van der Waals surface area contributed by atoms with E-state index in [-0.39, 0.29) is 5.91 Å². The lowest BCUT2D eigenvalue weighted by Gasteiger charge is -2.37. The van der Waals surface area contributed by atoms with Crippen LogP contribution in [0.4, 0.5) is 0 Å². The lowest BCUT2D eigenvalue weighted by molar-refractivity contribution is -0.153. The van der Waals surface area contributed by atoms with E-state index in [2.05, 4.69) is 38.1 Å². The van der Waals surface area contributed by atoms with Gasteiger partial charge < -0.3 is 10.0 Å². The second kappa shape index (κ2) is 7.65. The molecular formula is C20H27NO3. The average Bonchev–Trinajstić information content (AvgIpc) is 2.55. The summed E-state index contributed by atoms with van der Waals surface area (Å²) < 4.78 is 0. The molecule has 0 bridgehead atoms. The van der Waals surface area contributed by atoms with Crippen LogP contribution in [-0.2, 0) is 9.59 Å². The van der Waals surface area contributed by atoms with Gasteiger partial charge in [0.25, 0.3) is 0 Å². The molecule has 1 aromatic rings. The lowest BCUT2D eigenvalue weighted by atomic mass is 9.82. The molecule has 2 rings (SSSR count). The van der Waals surface area contributed by atoms with Gasteiger partial charge in [0.1, 0.15) is 0 Å². The minimum absolute atomic E-state index is 0.00257. The van der Waals surface area contributed by atoms with Crippen molar-refractivity contribution < 1.29 is 14.7 Å². The Labute approximate surface area is 144 Å². The molecule has 0 aliphatic carbocycles. The van der Waals surface area contributed by atoms with Crippen molar-refractivity contribution in [1.29, 1.82) is 0 Å². The summed E-state index contributed by atoms with van der Waals surface area (Å²) in [6.07, 6.45) is 5.49. The van der Waals surface area contributed by atoms with Gasteiger partial charge in [-0.25, -0.2) is 0 Å². The van der Waals surface area contributed by atoms with Crippen molar-refractivity contribution in [3.63, 3.8) is 0 Å². The smallest absolute Gasteiger partial charge is 0.311 e. The predicted octanol–water partition coefficient (Wildman–Crippen LogP) is 3.93. The Balaban J connectivity index is 1.91. The number of carboxylic acid groups (broad SMARTS) is 1. The molecule has 1 aliphatic heterocycles. The van der Waals surface area contributed by atoms with Crippen molar-refractivity contribution in [3.05, 3.63) is 41.5 Å². The van der Waals surface area contributed by atoms with Crippen LogP contribution in [0.5, 0.6) is 0 Å². The van der Waals surface area contributed by atoms with Crippen LogP contribution in [0.15, 0.2) is 30.3 Å². The highest BCUT2D eigenvalue weighted by Crippen LogP contribution is 2.30. The topological polar surface area (TPSA) is 57.6 Å². The zero-order chi connectivity index (χ0) is 17.7. The van der Waals surface area contributed by atoms with E-state index in [1.165, 1.54) is 5.56 Å². The van der Waals surface area contributed by atoms with Crippen LogP contribution in [0.1, 0.15) is 57.1 Å². The van der Waals surface area contributed by atoms with Gasteiger partial charge in [-0.1, -0.05) is 50.3 Å². The normalized spacial score (nSPS) is 21.4. The number of nitrogens with zero attached hydrogens (tertiary/aromatic N) is 1. The van der Waals surface area contributed by atoms with Crippen molar-refractivity contribution in [2.24, 2.45) is 5.41 Å². The number of benzene rings is 1. The van der Waals surface area contributed by atoms with Gasteiger partial charge in [-0.05, 0) is 36.8 Å². The van der Waals surface area contributed by atoms with E-state index in [0.717, 1.165) is 12.0 Å². The highest BCUT2D eigenvalue weighted by atomic mass is 16.4. The first-order chi connectivity index (χ1) is 11.3. The van der Waals surface area contributed by atoms with Crippen LogP contribution >= 0.6 is 0 Å². The molecule has 1 aromatic carbocycles. The predicted molar refractivity (Wildman–Crippen MR) is 95.7 cm³/mol. The number of hydrogen-bond acceptors (Lipinski definition) is 2. The molecule has 0 radical (unpaired) electrons. The summed E-state index contributed by atoms with van der Waals surface area (Å²) in [7, 11) is 0. The molecule has 1 fully saturated rings. The summed E-state index contributed by atoms with van der Waals surface area (Å²) >= 11 is 0. The molecule has 0 aromatic heterocycles. The van der Waals surface area contributed by atoms with Crippen LogP contribution in [0, 0.1) is 5.41 Å². The fraction of sp³-hybridized carbons (Fsp3) is 0.500. The summed E-state index contributed by atoms with van der Waals surface area (Å²) in [5, 5.41) is 9.33. The second-order valence-electron chi connectivity index (χ2n) is 7.21. The van der Waals surface area contributed by atoms with Crippen molar-refractivity contribution in [1.82, 2.24) is 4.90 Å². The van der Waals surface area contributed by atoms with E-state index >= 15 is 0 Å². The maximum absolute atomic E-state index is 12.3. The third-order valence-electron chi connectivity index (χ3n) is 4.77. The number of rotatable bonds is 5. The number of hydrogen-bond donors (Lipinski definition) is 1. The molecule has 1 N–H and O–H groups in total. The van der Waals surface area contributed by atoms with Crippen molar-refractivity contribution >= 4 is 18.0 Å². The van der Waals surface area contributed by atoms with Gasteiger partial charge in [0.05, 0.1) is 5.41 Å². The third-order valence-corrected chi connectivity index (χ3v) is 4.77. The van der Waals surface area contributed by atoms with Crippen molar-refractivity contribution in [2.45, 2.75) is 46.0 Å². The maximum Gasteiger partial charge on any atom is 0.311 e. The van der Waals surface area contributed by atoms with Gasteiger partial charge in [0.15, 0.2) is 0 Å². The molecule has 1 saturated heterocycles. The Bertz CT molecular complexity index is 618. The van der Waals surface area contributed by atoms with E-state index in [0.29, 0.717) is 31.8 Å². The van der Waals surface area contributed by atoms with Crippen LogP contribution in [0.3, 0.4) is 0 Å². The van der Waals surface area contributed by atoms with Crippen LogP contribution < -0.4 is 0 Å². The summed E-state index contributed by atoms with van der Waals surface area (Å²) in [5.41, 5.74) is 1.55. The number of carboxylic acids is 1. The zero-order valence-corrected chi connectivity index (χ0v) is 14.8. The molecule has 4 nitrogen and oxygen atoms in total. The molecule has 130 valence electrons. The second-order valence-corrected chi connectivity index (χ2v) is 7.21. The minimum atomic E-state index is -0.819. The Hall–Kier alpha value is -2.10. The van der Waals surface area contributed by atoms with E-state index in [9.17, 15) is 14.7 Å². The highest BCUT2D eigenvalue weighted by Gasteiger charge is 2.38. The van der Waals surface area contributed by atoms with E-state index in [4.69, 9.17) is 0 Å². The molecule has 0 spiro atoms. The van der Waals surface area contributed by atoms with Gasteiger partial charge >= 0.3 is 5.97 Å². The quantitative estimate of drug-likeness (QED) is 0.890. The standard InChI is InChI=1S/C20H27NO3/c1-15(2)17-10-8-16(9-11-17)6-4-7-18(22)21-13-5-12-20(3,14-21)19(23)24/h4,6,8-11,15H,5,7,12-14H2,1-3H3,(H,23,24)/b6-4+. The number of aliphatic carboxylic acids is 1. The largest absolute Gasteiger partial charge is 0.481 e. The molecule has 1 unspecified atom stereocenters. The third kappa shape index (κ3) is 4.47. The fourth-order valence-corrected chi connectivity index (χ4v) is 3.04. The molecule has 1 aliphatic rings. The molecule has 1 atom stereocenters. The summed E-state index contributed by atoms with van der Waals surface area (Å²) in [6, 6.07) is 8.32. The highest BCUT2D eigenvalue weighted by molar-refractivity contribution is 5.81. The van der Waals surface area contributed by atoms with Crippen LogP contribution in [0.2, 0.25) is 0 Å². The molecule has 1 amide bonds. The van der Waals surface area contributed by atoms with E-state index < -0.39 is 11.4 Å². The van der Waals surface area contributed by atoms with Gasteiger partial charge in [0.2, 0.25) is 5.91 Å². The first kappa shape index (κ1) is 18.2. The van der Waals surface area contributed by atoms with Crippen molar-refractivity contribution in [3.8, 4) is 0 Å². The zero-order valence-electron chi connectivity index (χ0n) is 14.8. The SMILES string of the molecule is CC(C)c1ccc(/C=C/CC(=O)N2CCCC(C)(C(=O)O)C2)cc1.